The maximum absolute atomic E-state index is 9.49. The van der Waals surface area contributed by atoms with Gasteiger partial charge in [0.1, 0.15) is 12.0 Å². The first-order valence-corrected chi connectivity index (χ1v) is 2.00. The van der Waals surface area contributed by atoms with Crippen molar-refractivity contribution >= 4 is 6.41 Å². The summed E-state index contributed by atoms with van der Waals surface area (Å²) in [5, 5.41) is 18.5. The van der Waals surface area contributed by atoms with E-state index >= 15 is 0 Å². The second kappa shape index (κ2) is 3.98. The Balaban J connectivity index is 3.24. The van der Waals surface area contributed by atoms with E-state index in [1.165, 1.54) is 0 Å². The summed E-state index contributed by atoms with van der Waals surface area (Å²) >= 11 is 0. The number of hydrogen-bond acceptors (Lipinski definition) is 3. The molecule has 1 amide bonds. The van der Waals surface area contributed by atoms with Crippen molar-refractivity contribution in [3.63, 3.8) is 0 Å². The lowest BCUT2D eigenvalue weighted by atomic mass is 10.5. The van der Waals surface area contributed by atoms with Gasteiger partial charge in [0, 0.05) is 0 Å². The van der Waals surface area contributed by atoms with Crippen LogP contribution in [0.15, 0.2) is 12.0 Å². The van der Waals surface area contributed by atoms with Gasteiger partial charge in [-0.05, 0) is 0 Å². The molecule has 0 heterocycles. The van der Waals surface area contributed by atoms with Crippen LogP contribution < -0.4 is 5.32 Å². The van der Waals surface area contributed by atoms with Gasteiger partial charge in [0.25, 0.3) is 0 Å². The fourth-order valence-electron chi connectivity index (χ4n) is 0.192. The number of carbonyl (C=O) groups is 1. The highest BCUT2D eigenvalue weighted by atomic mass is 16.3. The molecule has 0 spiro atoms. The zero-order valence-electron chi connectivity index (χ0n) is 4.16. The normalized spacial score (nSPS) is 10.8. The SMILES string of the molecule is O=CNC/C(O)=C\O. The minimum absolute atomic E-state index is 0.0278. The first-order valence-electron chi connectivity index (χ1n) is 2.00. The van der Waals surface area contributed by atoms with Gasteiger partial charge in [0.15, 0.2) is 0 Å². The molecule has 0 bridgehead atoms. The molecule has 0 aliphatic rings. The Morgan fingerprint density at radius 1 is 1.75 bits per heavy atom. The van der Waals surface area contributed by atoms with Crippen molar-refractivity contribution < 1.29 is 15.0 Å². The highest BCUT2D eigenvalue weighted by Gasteiger charge is 1.86. The van der Waals surface area contributed by atoms with E-state index in [0.29, 0.717) is 12.7 Å². The maximum atomic E-state index is 9.49. The molecule has 0 aromatic carbocycles. The molecule has 0 atom stereocenters. The van der Waals surface area contributed by atoms with Crippen molar-refractivity contribution in [1.29, 1.82) is 0 Å². The van der Waals surface area contributed by atoms with E-state index in [4.69, 9.17) is 10.2 Å². The Kier molecular flexibility index (Phi) is 3.39. The van der Waals surface area contributed by atoms with Crippen LogP contribution in [0, 0.1) is 0 Å². The Labute approximate surface area is 46.4 Å². The van der Waals surface area contributed by atoms with E-state index in [1.54, 1.807) is 0 Å². The molecule has 0 rings (SSSR count). The van der Waals surface area contributed by atoms with Crippen molar-refractivity contribution in [2.24, 2.45) is 0 Å². The smallest absolute Gasteiger partial charge is 0.207 e. The van der Waals surface area contributed by atoms with Crippen molar-refractivity contribution in [2.45, 2.75) is 0 Å². The molecule has 0 radical (unpaired) electrons. The van der Waals surface area contributed by atoms with Gasteiger partial charge in [-0.15, -0.1) is 0 Å². The minimum atomic E-state index is -0.267. The number of rotatable bonds is 3. The summed E-state index contributed by atoms with van der Waals surface area (Å²) in [4.78, 5) is 9.49. The largest absolute Gasteiger partial charge is 0.512 e. The molecule has 46 valence electrons. The number of nitrogens with one attached hydrogen (secondary N) is 1. The molecular weight excluding hydrogens is 110 g/mol. The monoisotopic (exact) mass is 117 g/mol. The molecule has 3 N–H and O–H groups in total. The lowest BCUT2D eigenvalue weighted by Gasteiger charge is -1.92. The molecule has 8 heavy (non-hydrogen) atoms. The van der Waals surface area contributed by atoms with Gasteiger partial charge in [-0.25, -0.2) is 0 Å². The fourth-order valence-corrected chi connectivity index (χ4v) is 0.192. The average molecular weight is 117 g/mol. The second-order valence-corrected chi connectivity index (χ2v) is 1.12. The first-order chi connectivity index (χ1) is 3.81. The van der Waals surface area contributed by atoms with Crippen LogP contribution in [-0.4, -0.2) is 23.2 Å². The molecule has 0 fully saturated rings. The van der Waals surface area contributed by atoms with Gasteiger partial charge in [-0.3, -0.25) is 4.79 Å². The van der Waals surface area contributed by atoms with E-state index < -0.39 is 0 Å². The van der Waals surface area contributed by atoms with E-state index in [1.807, 2.05) is 0 Å². The van der Waals surface area contributed by atoms with Crippen molar-refractivity contribution in [3.8, 4) is 0 Å². The van der Waals surface area contributed by atoms with Crippen LogP contribution in [-0.2, 0) is 4.79 Å². The minimum Gasteiger partial charge on any atom is -0.512 e. The van der Waals surface area contributed by atoms with Crippen molar-refractivity contribution in [1.82, 2.24) is 5.32 Å². The Bertz CT molecular complexity index is 99.5. The van der Waals surface area contributed by atoms with Gasteiger partial charge in [-0.1, -0.05) is 0 Å². The Hall–Kier alpha value is -1.19. The molecule has 0 aromatic heterocycles. The van der Waals surface area contributed by atoms with Crippen molar-refractivity contribution in [2.75, 3.05) is 6.54 Å². The molecule has 0 unspecified atom stereocenters. The summed E-state index contributed by atoms with van der Waals surface area (Å²) in [5.41, 5.74) is 0. The van der Waals surface area contributed by atoms with E-state index in [2.05, 4.69) is 5.32 Å². The molecule has 0 aliphatic heterocycles. The number of amides is 1. The molecule has 4 heteroatoms. The lowest BCUT2D eigenvalue weighted by molar-refractivity contribution is -0.109. The Morgan fingerprint density at radius 2 is 2.38 bits per heavy atom. The summed E-state index contributed by atoms with van der Waals surface area (Å²) in [6.07, 6.45) is 0.955. The topological polar surface area (TPSA) is 69.6 Å². The van der Waals surface area contributed by atoms with Crippen molar-refractivity contribution in [3.05, 3.63) is 12.0 Å². The quantitative estimate of drug-likeness (QED) is 0.351. The first kappa shape index (κ1) is 6.81. The molecule has 0 aliphatic carbocycles. The van der Waals surface area contributed by atoms with Gasteiger partial charge in [0.2, 0.25) is 6.41 Å². The van der Waals surface area contributed by atoms with Gasteiger partial charge in [-0.2, -0.15) is 0 Å². The standard InChI is InChI=1S/C4H7NO3/c6-2-4(8)1-5-3-7/h2-3,6,8H,1H2,(H,5,7)/b4-2+. The average Bonchev–Trinajstić information content (AvgIpc) is 1.83. The van der Waals surface area contributed by atoms with Gasteiger partial charge < -0.3 is 15.5 Å². The summed E-state index contributed by atoms with van der Waals surface area (Å²) < 4.78 is 0. The number of hydrogen-bond donors (Lipinski definition) is 3. The summed E-state index contributed by atoms with van der Waals surface area (Å²) in [6, 6.07) is 0. The molecule has 4 nitrogen and oxygen atoms in total. The summed E-state index contributed by atoms with van der Waals surface area (Å²) in [5.74, 6) is -0.267. The van der Waals surface area contributed by atoms with E-state index in [9.17, 15) is 4.79 Å². The lowest BCUT2D eigenvalue weighted by Crippen LogP contribution is -2.13. The third kappa shape index (κ3) is 3.02. The summed E-state index contributed by atoms with van der Waals surface area (Å²) in [7, 11) is 0. The number of aliphatic hydroxyl groups is 2. The van der Waals surface area contributed by atoms with Crippen LogP contribution in [0.25, 0.3) is 0 Å². The highest BCUT2D eigenvalue weighted by Crippen LogP contribution is 1.77. The third-order valence-corrected chi connectivity index (χ3v) is 0.516. The molecule has 0 aromatic rings. The van der Waals surface area contributed by atoms with E-state index in [0.717, 1.165) is 0 Å². The van der Waals surface area contributed by atoms with E-state index in [-0.39, 0.29) is 12.3 Å². The van der Waals surface area contributed by atoms with Crippen LogP contribution in [0.3, 0.4) is 0 Å². The molecule has 0 saturated carbocycles. The van der Waals surface area contributed by atoms with Crippen LogP contribution in [0.1, 0.15) is 0 Å². The van der Waals surface area contributed by atoms with Gasteiger partial charge in [0.05, 0.1) is 6.54 Å². The zero-order valence-corrected chi connectivity index (χ0v) is 4.16. The predicted octanol–water partition coefficient (Wildman–Crippen LogP) is -0.310. The Morgan fingerprint density at radius 3 is 2.75 bits per heavy atom. The van der Waals surface area contributed by atoms with Gasteiger partial charge >= 0.3 is 0 Å². The van der Waals surface area contributed by atoms with Crippen LogP contribution >= 0.6 is 0 Å². The highest BCUT2D eigenvalue weighted by molar-refractivity contribution is 5.46. The van der Waals surface area contributed by atoms with Crippen LogP contribution in [0.2, 0.25) is 0 Å². The van der Waals surface area contributed by atoms with Crippen LogP contribution in [0.4, 0.5) is 0 Å². The fraction of sp³-hybridized carbons (Fsp3) is 0.250. The molecule has 0 saturated heterocycles. The third-order valence-electron chi connectivity index (χ3n) is 0.516. The zero-order chi connectivity index (χ0) is 6.41. The molecular formula is C4H7NO3. The predicted molar refractivity (Wildman–Crippen MR) is 27.4 cm³/mol. The second-order valence-electron chi connectivity index (χ2n) is 1.12. The number of aliphatic hydroxyl groups excluding tert-OH is 2. The van der Waals surface area contributed by atoms with Crippen LogP contribution in [0.5, 0.6) is 0 Å². The number of carbonyl (C=O) groups excluding carboxylic acids is 1. The summed E-state index contributed by atoms with van der Waals surface area (Å²) in [6.45, 7) is -0.0278. The maximum Gasteiger partial charge on any atom is 0.207 e.